The number of esters is 1. The summed E-state index contributed by atoms with van der Waals surface area (Å²) in [7, 11) is 0. The number of carbonyl (C=O) groups excluding carboxylic acids is 4. The van der Waals surface area contributed by atoms with E-state index in [1.54, 1.807) is 38.1 Å². The van der Waals surface area contributed by atoms with Gasteiger partial charge in [-0.05, 0) is 94.2 Å². The molecule has 1 aliphatic heterocycles. The molecule has 4 aliphatic carbocycles. The van der Waals surface area contributed by atoms with Crippen LogP contribution in [-0.2, 0) is 25.5 Å². The Morgan fingerprint density at radius 3 is 2.27 bits per heavy atom. The third-order valence-electron chi connectivity index (χ3n) is 9.15. The van der Waals surface area contributed by atoms with E-state index >= 15 is 0 Å². The van der Waals surface area contributed by atoms with Gasteiger partial charge >= 0.3 is 12.1 Å². The maximum absolute atomic E-state index is 12.9. The van der Waals surface area contributed by atoms with Crippen molar-refractivity contribution in [3.63, 3.8) is 0 Å². The number of benzene rings is 1. The minimum absolute atomic E-state index is 0. The summed E-state index contributed by atoms with van der Waals surface area (Å²) in [6.07, 6.45) is 9.63. The van der Waals surface area contributed by atoms with E-state index in [0.29, 0.717) is 25.0 Å². The molecule has 0 radical (unpaired) electrons. The molecule has 44 heavy (non-hydrogen) atoms. The number of rotatable bonds is 12. The largest absolute Gasteiger partial charge is 0.461 e. The molecule has 4 fully saturated rings. The number of alkyl carbamates (subject to hydrolysis) is 1. The van der Waals surface area contributed by atoms with Crippen LogP contribution in [0, 0.1) is 23.2 Å². The first-order chi connectivity index (χ1) is 20.7. The molecule has 0 aromatic heterocycles. The van der Waals surface area contributed by atoms with Gasteiger partial charge in [-0.15, -0.1) is 0 Å². The second kappa shape index (κ2) is 15.0. The highest BCUT2D eigenvalue weighted by Gasteiger charge is 2.51. The third kappa shape index (κ3) is 9.03. The molecule has 5 aliphatic rings. The predicted octanol–water partition coefficient (Wildman–Crippen LogP) is 1.79. The van der Waals surface area contributed by atoms with E-state index in [-0.39, 0.29) is 43.6 Å². The second-order valence-corrected chi connectivity index (χ2v) is 13.2. The summed E-state index contributed by atoms with van der Waals surface area (Å²) in [4.78, 5) is 53.8. The Morgan fingerprint density at radius 1 is 1.02 bits per heavy atom. The first-order valence-corrected chi connectivity index (χ1v) is 15.8. The Kier molecular flexibility index (Phi) is 11.4. The standard InChI is InChI=1S/C32H45N5O6.CH4/c1-20(2)43-29(40)26(36-31(41)42-19-32-15-22-12-23(16-32)14-24(13-22)17-32)18-35-28(39)25-7-4-21(5-8-25)6-9-27(38)37-30-33-10-3-11-34-30;/h4-5,7-8,10,20,22-24,26,30,34H,3,6,9,11-19H2,1-2H3,(H,35,39)(H,36,41)(H,37,38);1H4/p+1/t22?,23?,24?,26-,30?,32?;/m0./s1. The van der Waals surface area contributed by atoms with E-state index in [1.165, 1.54) is 19.3 Å². The average molecular weight is 613 g/mol. The zero-order chi connectivity index (χ0) is 30.4. The molecule has 0 spiro atoms. The van der Waals surface area contributed by atoms with E-state index in [2.05, 4.69) is 26.3 Å². The highest BCUT2D eigenvalue weighted by atomic mass is 16.6. The van der Waals surface area contributed by atoms with Crippen molar-refractivity contribution in [3.05, 3.63) is 35.4 Å². The summed E-state index contributed by atoms with van der Waals surface area (Å²) in [5.41, 5.74) is 1.39. The summed E-state index contributed by atoms with van der Waals surface area (Å²) in [6.45, 7) is 4.49. The zero-order valence-corrected chi connectivity index (χ0v) is 25.3. The summed E-state index contributed by atoms with van der Waals surface area (Å²) in [5.74, 6) is 1.14. The Balaban J connectivity index is 0.00000442. The highest BCUT2D eigenvalue weighted by molar-refractivity contribution is 5.94. The lowest BCUT2D eigenvalue weighted by atomic mass is 9.50. The minimum atomic E-state index is -1.08. The van der Waals surface area contributed by atoms with E-state index in [0.717, 1.165) is 55.5 Å². The maximum atomic E-state index is 12.9. The topological polar surface area (TPSA) is 149 Å². The molecule has 6 rings (SSSR count). The molecule has 0 saturated heterocycles. The van der Waals surface area contributed by atoms with E-state index in [9.17, 15) is 19.2 Å². The maximum Gasteiger partial charge on any atom is 0.407 e. The van der Waals surface area contributed by atoms with Crippen LogP contribution in [0.25, 0.3) is 0 Å². The molecule has 242 valence electrons. The van der Waals surface area contributed by atoms with Gasteiger partial charge in [-0.3, -0.25) is 14.9 Å². The second-order valence-electron chi connectivity index (χ2n) is 13.2. The molecule has 1 unspecified atom stereocenters. The number of nitrogens with one attached hydrogen (secondary N) is 5. The number of amides is 3. The number of hydrogen-bond acceptors (Lipinski definition) is 7. The van der Waals surface area contributed by atoms with Gasteiger partial charge in [-0.1, -0.05) is 19.6 Å². The van der Waals surface area contributed by atoms with Gasteiger partial charge in [-0.2, -0.15) is 0 Å². The molecular formula is C33H50N5O6+. The fraction of sp³-hybridized carbons (Fsp3) is 0.667. The van der Waals surface area contributed by atoms with Crippen LogP contribution >= 0.6 is 0 Å². The molecule has 4 bridgehead atoms. The molecule has 11 nitrogen and oxygen atoms in total. The summed E-state index contributed by atoms with van der Waals surface area (Å²) >= 11 is 0. The van der Waals surface area contributed by atoms with Crippen LogP contribution in [0.1, 0.15) is 88.6 Å². The Hall–Kier alpha value is -3.47. The molecule has 5 N–H and O–H groups in total. The van der Waals surface area contributed by atoms with Gasteiger partial charge in [-0.25, -0.2) is 19.9 Å². The van der Waals surface area contributed by atoms with Gasteiger partial charge in [0.05, 0.1) is 12.7 Å². The van der Waals surface area contributed by atoms with Gasteiger partial charge in [0.2, 0.25) is 5.91 Å². The highest BCUT2D eigenvalue weighted by Crippen LogP contribution is 2.60. The summed E-state index contributed by atoms with van der Waals surface area (Å²) in [6, 6.07) is 5.88. The zero-order valence-electron chi connectivity index (χ0n) is 25.3. The fourth-order valence-corrected chi connectivity index (χ4v) is 7.64. The van der Waals surface area contributed by atoms with E-state index < -0.39 is 18.1 Å². The van der Waals surface area contributed by atoms with Crippen molar-refractivity contribution in [1.82, 2.24) is 21.3 Å². The van der Waals surface area contributed by atoms with Crippen molar-refractivity contribution in [3.8, 4) is 0 Å². The van der Waals surface area contributed by atoms with Crippen molar-refractivity contribution in [2.24, 2.45) is 23.2 Å². The smallest absolute Gasteiger partial charge is 0.407 e. The van der Waals surface area contributed by atoms with Gasteiger partial charge in [0.1, 0.15) is 12.3 Å². The molecule has 1 heterocycles. The van der Waals surface area contributed by atoms with Crippen molar-refractivity contribution in [2.45, 2.75) is 97.5 Å². The van der Waals surface area contributed by atoms with Gasteiger partial charge < -0.3 is 20.1 Å². The van der Waals surface area contributed by atoms with Crippen molar-refractivity contribution in [1.29, 1.82) is 0 Å². The number of ether oxygens (including phenoxy) is 2. The number of hydrogen-bond donors (Lipinski definition) is 5. The van der Waals surface area contributed by atoms with Crippen LogP contribution in [0.15, 0.2) is 24.3 Å². The molecule has 1 aromatic carbocycles. The quantitative estimate of drug-likeness (QED) is 0.226. The Labute approximate surface area is 260 Å². The number of aryl methyl sites for hydroxylation is 1. The van der Waals surface area contributed by atoms with Gasteiger partial charge in [0.15, 0.2) is 0 Å². The monoisotopic (exact) mass is 612 g/mol. The lowest BCUT2D eigenvalue weighted by Crippen LogP contribution is -2.88. The van der Waals surface area contributed by atoms with Crippen LogP contribution < -0.4 is 26.3 Å². The van der Waals surface area contributed by atoms with Gasteiger partial charge in [0, 0.05) is 36.9 Å². The van der Waals surface area contributed by atoms with E-state index in [4.69, 9.17) is 9.47 Å². The Bertz CT molecular complexity index is 1160. The van der Waals surface area contributed by atoms with Crippen molar-refractivity contribution in [2.75, 3.05) is 19.7 Å². The molecule has 4 saturated carbocycles. The molecule has 11 heteroatoms. The third-order valence-corrected chi connectivity index (χ3v) is 9.15. The molecule has 3 amide bonds. The number of carbonyl (C=O) groups is 4. The van der Waals surface area contributed by atoms with Crippen molar-refractivity contribution >= 4 is 30.1 Å². The molecule has 2 atom stereocenters. The lowest BCUT2D eigenvalue weighted by molar-refractivity contribution is -0.516. The molecular weight excluding hydrogens is 562 g/mol. The molecule has 1 aromatic rings. The lowest BCUT2D eigenvalue weighted by Gasteiger charge is -2.56. The van der Waals surface area contributed by atoms with Crippen LogP contribution in [0.5, 0.6) is 0 Å². The summed E-state index contributed by atoms with van der Waals surface area (Å²) < 4.78 is 11.0. The van der Waals surface area contributed by atoms with Crippen LogP contribution in [0.4, 0.5) is 4.79 Å². The van der Waals surface area contributed by atoms with Crippen molar-refractivity contribution < 1.29 is 33.6 Å². The SMILES string of the molecule is C.CC(C)OC(=O)[C@H](CNC(=O)c1ccc(CCC(=O)NC2NCCC=[NH+]2)cc1)NC(=O)OCC12CC3CC(CC(C3)C1)C2. The minimum Gasteiger partial charge on any atom is -0.461 e. The van der Waals surface area contributed by atoms with E-state index in [1.807, 2.05) is 6.21 Å². The summed E-state index contributed by atoms with van der Waals surface area (Å²) in [5, 5.41) is 11.4. The predicted molar refractivity (Wildman–Crippen MR) is 166 cm³/mol. The first-order valence-electron chi connectivity index (χ1n) is 15.8. The Morgan fingerprint density at radius 2 is 1.68 bits per heavy atom. The average Bonchev–Trinajstić information content (AvgIpc) is 2.97. The fourth-order valence-electron chi connectivity index (χ4n) is 7.64. The first kappa shape index (κ1) is 33.4. The van der Waals surface area contributed by atoms with Crippen LogP contribution in [0.2, 0.25) is 0 Å². The van der Waals surface area contributed by atoms with Gasteiger partial charge in [0.25, 0.3) is 12.2 Å². The van der Waals surface area contributed by atoms with Crippen LogP contribution in [0.3, 0.4) is 0 Å². The van der Waals surface area contributed by atoms with Crippen LogP contribution in [-0.4, -0.2) is 68.2 Å². The normalized spacial score (nSPS) is 27.2.